The van der Waals surface area contributed by atoms with Gasteiger partial charge in [-0.25, -0.2) is 23.3 Å². The Morgan fingerprint density at radius 1 is 1.14 bits per heavy atom. The van der Waals surface area contributed by atoms with Gasteiger partial charge in [-0.2, -0.15) is 0 Å². The zero-order valence-electron chi connectivity index (χ0n) is 22.3. The van der Waals surface area contributed by atoms with Crippen molar-refractivity contribution in [1.82, 2.24) is 15.5 Å². The van der Waals surface area contributed by atoms with Crippen LogP contribution in [0.4, 0.5) is 18.4 Å². The number of carbonyl (C=O) groups excluding carboxylic acids is 4. The Balaban J connectivity index is 1.80. The summed E-state index contributed by atoms with van der Waals surface area (Å²) in [5.41, 5.74) is -1.12. The monoisotopic (exact) mass is 525 g/mol. The first kappa shape index (κ1) is 30.0. The van der Waals surface area contributed by atoms with Crippen molar-refractivity contribution < 1.29 is 37.4 Å². The number of ether oxygens (including phenoxy) is 2. The highest BCUT2D eigenvalue weighted by atomic mass is 19.1. The summed E-state index contributed by atoms with van der Waals surface area (Å²) < 4.78 is 37.6. The lowest BCUT2D eigenvalue weighted by Gasteiger charge is -2.26. The standard InChI is InChI=1S/C26H37F2N3O6/c1-7-16(10-17-12-18(27)8-9-19(17)28)11-21(32)29-14-26(5,6)15-30-22(33)20-13-31(23(34)36-20)24(35)37-25(2,3)4/h8-9,12,16,20H,7,10-11,13-15H2,1-6H3,(H,29,32)(H,30,33)/t16?,20-/m0/s1. The molecular formula is C26H37F2N3O6. The Hall–Kier alpha value is -3.24. The molecule has 2 rings (SSSR count). The van der Waals surface area contributed by atoms with E-state index in [0.717, 1.165) is 23.1 Å². The maximum Gasteiger partial charge on any atom is 0.420 e. The van der Waals surface area contributed by atoms with Crippen molar-refractivity contribution >= 4 is 24.0 Å². The van der Waals surface area contributed by atoms with Gasteiger partial charge in [-0.05, 0) is 62.3 Å². The van der Waals surface area contributed by atoms with Crippen LogP contribution in [0.15, 0.2) is 18.2 Å². The van der Waals surface area contributed by atoms with Crippen molar-refractivity contribution in [3.8, 4) is 0 Å². The van der Waals surface area contributed by atoms with Crippen LogP contribution in [-0.2, 0) is 25.5 Å². The summed E-state index contributed by atoms with van der Waals surface area (Å²) in [6.45, 7) is 10.7. The second-order valence-electron chi connectivity index (χ2n) is 11.0. The summed E-state index contributed by atoms with van der Waals surface area (Å²) >= 11 is 0. The van der Waals surface area contributed by atoms with Gasteiger partial charge in [0.2, 0.25) is 5.91 Å². The van der Waals surface area contributed by atoms with Gasteiger partial charge >= 0.3 is 12.2 Å². The fourth-order valence-electron chi connectivity index (χ4n) is 3.61. The summed E-state index contributed by atoms with van der Waals surface area (Å²) in [5, 5.41) is 5.52. The molecule has 1 aromatic carbocycles. The average Bonchev–Trinajstić information content (AvgIpc) is 3.19. The molecule has 0 radical (unpaired) electrons. The molecule has 0 bridgehead atoms. The molecule has 2 atom stereocenters. The van der Waals surface area contributed by atoms with E-state index in [1.54, 1.807) is 20.8 Å². The summed E-state index contributed by atoms with van der Waals surface area (Å²) in [6, 6.07) is 3.28. The van der Waals surface area contributed by atoms with E-state index in [9.17, 15) is 28.0 Å². The molecule has 1 aliphatic heterocycles. The molecule has 1 aromatic rings. The Bertz CT molecular complexity index is 1010. The second-order valence-corrected chi connectivity index (χ2v) is 11.0. The van der Waals surface area contributed by atoms with Crippen molar-refractivity contribution in [1.29, 1.82) is 0 Å². The van der Waals surface area contributed by atoms with Crippen LogP contribution in [0.25, 0.3) is 0 Å². The molecule has 1 aliphatic rings. The van der Waals surface area contributed by atoms with E-state index in [0.29, 0.717) is 6.42 Å². The lowest BCUT2D eigenvalue weighted by Crippen LogP contribution is -2.46. The molecule has 0 saturated carbocycles. The second kappa shape index (κ2) is 12.3. The quantitative estimate of drug-likeness (QED) is 0.478. The first-order valence-electron chi connectivity index (χ1n) is 12.3. The van der Waals surface area contributed by atoms with Crippen molar-refractivity contribution in [2.75, 3.05) is 19.6 Å². The molecule has 0 spiro atoms. The van der Waals surface area contributed by atoms with E-state index in [2.05, 4.69) is 10.6 Å². The predicted molar refractivity (Wildman–Crippen MR) is 131 cm³/mol. The average molecular weight is 526 g/mol. The minimum atomic E-state index is -1.17. The van der Waals surface area contributed by atoms with Gasteiger partial charge in [0.25, 0.3) is 5.91 Å². The highest BCUT2D eigenvalue weighted by molar-refractivity contribution is 5.94. The topological polar surface area (TPSA) is 114 Å². The van der Waals surface area contributed by atoms with Crippen LogP contribution in [-0.4, -0.2) is 60.2 Å². The fourth-order valence-corrected chi connectivity index (χ4v) is 3.61. The zero-order chi connectivity index (χ0) is 28.0. The Labute approximate surface area is 216 Å². The summed E-state index contributed by atoms with van der Waals surface area (Å²) in [5.74, 6) is -1.99. The van der Waals surface area contributed by atoms with Crippen LogP contribution in [0.3, 0.4) is 0 Å². The van der Waals surface area contributed by atoms with E-state index < -0.39 is 46.8 Å². The Kier molecular flexibility index (Phi) is 10.00. The molecule has 0 aliphatic carbocycles. The molecule has 1 heterocycles. The van der Waals surface area contributed by atoms with Gasteiger partial charge in [0.1, 0.15) is 17.2 Å². The van der Waals surface area contributed by atoms with E-state index in [-0.39, 0.29) is 49.9 Å². The zero-order valence-corrected chi connectivity index (χ0v) is 22.3. The SMILES string of the molecule is CCC(CC(=O)NCC(C)(C)CNC(=O)[C@@H]1CN(C(=O)OC(C)(C)C)C(=O)O1)Cc1cc(F)ccc1F. The van der Waals surface area contributed by atoms with Gasteiger partial charge in [-0.3, -0.25) is 9.59 Å². The smallest absolute Gasteiger partial charge is 0.420 e. The van der Waals surface area contributed by atoms with E-state index in [1.807, 2.05) is 20.8 Å². The third-order valence-corrected chi connectivity index (χ3v) is 5.79. The van der Waals surface area contributed by atoms with E-state index in [4.69, 9.17) is 9.47 Å². The van der Waals surface area contributed by atoms with Crippen LogP contribution >= 0.6 is 0 Å². The van der Waals surface area contributed by atoms with Crippen LogP contribution in [0, 0.1) is 23.0 Å². The van der Waals surface area contributed by atoms with Gasteiger partial charge in [0, 0.05) is 19.5 Å². The molecule has 4 amide bonds. The number of imide groups is 1. The molecule has 9 nitrogen and oxygen atoms in total. The molecule has 0 aromatic heterocycles. The molecular weight excluding hydrogens is 488 g/mol. The van der Waals surface area contributed by atoms with Crippen molar-refractivity contribution in [3.05, 3.63) is 35.4 Å². The molecule has 2 N–H and O–H groups in total. The lowest BCUT2D eigenvalue weighted by atomic mass is 9.91. The number of hydrogen-bond donors (Lipinski definition) is 2. The largest absolute Gasteiger partial charge is 0.443 e. The maximum absolute atomic E-state index is 14.0. The number of nitrogens with zero attached hydrogens (tertiary/aromatic N) is 1. The third-order valence-electron chi connectivity index (χ3n) is 5.79. The van der Waals surface area contributed by atoms with Crippen molar-refractivity contribution in [2.45, 2.75) is 72.5 Å². The number of nitrogens with one attached hydrogen (secondary N) is 2. The van der Waals surface area contributed by atoms with Gasteiger partial charge in [0.05, 0.1) is 6.54 Å². The third kappa shape index (κ3) is 9.62. The number of amides is 4. The molecule has 37 heavy (non-hydrogen) atoms. The molecule has 1 saturated heterocycles. The predicted octanol–water partition coefficient (Wildman–Crippen LogP) is 3.94. The highest BCUT2D eigenvalue weighted by Crippen LogP contribution is 2.21. The number of halogens is 2. The normalized spacial score (nSPS) is 16.7. The number of hydrogen-bond acceptors (Lipinski definition) is 6. The number of cyclic esters (lactones) is 1. The van der Waals surface area contributed by atoms with Crippen LogP contribution in [0.5, 0.6) is 0 Å². The minimum Gasteiger partial charge on any atom is -0.443 e. The first-order valence-corrected chi connectivity index (χ1v) is 12.3. The van der Waals surface area contributed by atoms with E-state index >= 15 is 0 Å². The minimum absolute atomic E-state index is 0.146. The molecule has 1 fully saturated rings. The highest BCUT2D eigenvalue weighted by Gasteiger charge is 2.42. The van der Waals surface area contributed by atoms with Gasteiger partial charge in [0.15, 0.2) is 6.10 Å². The first-order chi connectivity index (χ1) is 17.1. The van der Waals surface area contributed by atoms with Gasteiger partial charge in [-0.1, -0.05) is 27.2 Å². The maximum atomic E-state index is 14.0. The van der Waals surface area contributed by atoms with Gasteiger partial charge < -0.3 is 20.1 Å². The fraction of sp³-hybridized carbons (Fsp3) is 0.615. The lowest BCUT2D eigenvalue weighted by molar-refractivity contribution is -0.128. The van der Waals surface area contributed by atoms with E-state index in [1.165, 1.54) is 0 Å². The van der Waals surface area contributed by atoms with Crippen LogP contribution < -0.4 is 10.6 Å². The number of benzene rings is 1. The Morgan fingerprint density at radius 3 is 2.41 bits per heavy atom. The molecule has 11 heteroatoms. The molecule has 1 unspecified atom stereocenters. The van der Waals surface area contributed by atoms with Crippen molar-refractivity contribution in [2.24, 2.45) is 11.3 Å². The Morgan fingerprint density at radius 2 is 1.78 bits per heavy atom. The summed E-state index contributed by atoms with van der Waals surface area (Å²) in [7, 11) is 0. The van der Waals surface area contributed by atoms with Crippen LogP contribution in [0.2, 0.25) is 0 Å². The van der Waals surface area contributed by atoms with Crippen molar-refractivity contribution in [3.63, 3.8) is 0 Å². The number of rotatable bonds is 10. The molecule has 206 valence electrons. The summed E-state index contributed by atoms with van der Waals surface area (Å²) in [6.07, 6.45) is -2.01. The van der Waals surface area contributed by atoms with Gasteiger partial charge in [-0.15, -0.1) is 0 Å². The van der Waals surface area contributed by atoms with Crippen LogP contribution in [0.1, 0.15) is 59.9 Å². The summed E-state index contributed by atoms with van der Waals surface area (Å²) in [4.78, 5) is 49.9. The number of carbonyl (C=O) groups is 4.